The molecule has 36 heavy (non-hydrogen) atoms. The van der Waals surface area contributed by atoms with Gasteiger partial charge in [-0.25, -0.2) is 23.5 Å². The number of hydrogen-bond acceptors (Lipinski definition) is 5. The van der Waals surface area contributed by atoms with Crippen LogP contribution in [-0.2, 0) is 13.0 Å². The number of amides is 2. The standard InChI is InChI=1S/C26H27ClF2N6O/c1-15-9-18(28)4-6-22(15)31-25-30-11-17-7-8-35(14-23(17)32-25)26(36)33-24-13-34(2)12-19(24)16-3-5-20(27)21(29)10-16/h3-6,9-11,19,24H,7-8,12-14H2,1-2H3,(H,33,36)(H,30,31,32)/t19-,24+/m0/s1. The molecule has 10 heteroatoms. The van der Waals surface area contributed by atoms with Crippen molar-refractivity contribution in [3.8, 4) is 0 Å². The summed E-state index contributed by atoms with van der Waals surface area (Å²) in [6, 6.07) is 8.97. The molecule has 2 aliphatic heterocycles. The number of likely N-dealkylation sites (tertiary alicyclic amines) is 1. The van der Waals surface area contributed by atoms with Gasteiger partial charge in [-0.05, 0) is 67.4 Å². The average Bonchev–Trinajstić information content (AvgIpc) is 3.22. The number of likely N-dealkylation sites (N-methyl/N-ethyl adjacent to an activating group) is 1. The Hall–Kier alpha value is -3.30. The van der Waals surface area contributed by atoms with Crippen molar-refractivity contribution < 1.29 is 13.6 Å². The van der Waals surface area contributed by atoms with E-state index >= 15 is 0 Å². The van der Waals surface area contributed by atoms with E-state index in [1.54, 1.807) is 23.2 Å². The lowest BCUT2D eigenvalue weighted by Gasteiger charge is -2.30. The molecule has 0 radical (unpaired) electrons. The van der Waals surface area contributed by atoms with Gasteiger partial charge in [-0.15, -0.1) is 0 Å². The van der Waals surface area contributed by atoms with Crippen LogP contribution in [-0.4, -0.2) is 58.5 Å². The molecular weight excluding hydrogens is 486 g/mol. The number of rotatable bonds is 4. The molecule has 7 nitrogen and oxygen atoms in total. The zero-order valence-corrected chi connectivity index (χ0v) is 20.8. The Balaban J connectivity index is 1.28. The zero-order chi connectivity index (χ0) is 25.4. The maximum absolute atomic E-state index is 14.1. The number of aromatic nitrogens is 2. The summed E-state index contributed by atoms with van der Waals surface area (Å²) < 4.78 is 27.5. The fraction of sp³-hybridized carbons (Fsp3) is 0.346. The smallest absolute Gasteiger partial charge is 0.318 e. The minimum atomic E-state index is -0.457. The molecule has 1 fully saturated rings. The first-order valence-electron chi connectivity index (χ1n) is 11.8. The van der Waals surface area contributed by atoms with Gasteiger partial charge in [-0.1, -0.05) is 17.7 Å². The monoisotopic (exact) mass is 512 g/mol. The Labute approximate surface area is 213 Å². The van der Waals surface area contributed by atoms with E-state index in [1.807, 2.05) is 20.0 Å². The largest absolute Gasteiger partial charge is 0.333 e. The van der Waals surface area contributed by atoms with Gasteiger partial charge in [-0.3, -0.25) is 0 Å². The number of benzene rings is 2. The lowest BCUT2D eigenvalue weighted by molar-refractivity contribution is 0.186. The number of nitrogens with zero attached hydrogens (tertiary/aromatic N) is 4. The molecule has 2 N–H and O–H groups in total. The molecule has 1 aromatic heterocycles. The number of anilines is 2. The third-order valence-electron chi connectivity index (χ3n) is 6.85. The van der Waals surface area contributed by atoms with E-state index in [0.717, 1.165) is 28.1 Å². The van der Waals surface area contributed by atoms with Crippen LogP contribution in [0.25, 0.3) is 0 Å². The number of carbonyl (C=O) groups is 1. The molecule has 0 spiro atoms. The Kier molecular flexibility index (Phi) is 6.77. The van der Waals surface area contributed by atoms with Crippen LogP contribution >= 0.6 is 11.6 Å². The van der Waals surface area contributed by atoms with E-state index in [9.17, 15) is 13.6 Å². The molecule has 2 amide bonds. The number of aryl methyl sites for hydroxylation is 1. The summed E-state index contributed by atoms with van der Waals surface area (Å²) in [5.41, 5.74) is 4.05. The molecule has 1 saturated heterocycles. The summed E-state index contributed by atoms with van der Waals surface area (Å²) in [5, 5.41) is 6.38. The number of carbonyl (C=O) groups excluding carboxylic acids is 1. The number of hydrogen-bond donors (Lipinski definition) is 2. The van der Waals surface area contributed by atoms with E-state index < -0.39 is 5.82 Å². The van der Waals surface area contributed by atoms with E-state index in [2.05, 4.69) is 25.5 Å². The Morgan fingerprint density at radius 1 is 1.17 bits per heavy atom. The predicted molar refractivity (Wildman–Crippen MR) is 135 cm³/mol. The molecule has 2 aliphatic rings. The Morgan fingerprint density at radius 3 is 2.78 bits per heavy atom. The first kappa shape index (κ1) is 24.4. The molecule has 2 atom stereocenters. The summed E-state index contributed by atoms with van der Waals surface area (Å²) in [5.74, 6) is -0.405. The van der Waals surface area contributed by atoms with Crippen molar-refractivity contribution >= 4 is 29.3 Å². The van der Waals surface area contributed by atoms with Crippen LogP contribution in [0.3, 0.4) is 0 Å². The first-order valence-corrected chi connectivity index (χ1v) is 12.2. The van der Waals surface area contributed by atoms with Crippen molar-refractivity contribution in [2.75, 3.05) is 32.0 Å². The third-order valence-corrected chi connectivity index (χ3v) is 7.16. The van der Waals surface area contributed by atoms with Crippen molar-refractivity contribution in [3.05, 3.63) is 81.6 Å². The molecule has 0 aliphatic carbocycles. The van der Waals surface area contributed by atoms with Crippen LogP contribution in [0.15, 0.2) is 42.6 Å². The van der Waals surface area contributed by atoms with Gasteiger partial charge in [0, 0.05) is 37.4 Å². The van der Waals surface area contributed by atoms with Gasteiger partial charge in [0.05, 0.1) is 23.3 Å². The summed E-state index contributed by atoms with van der Waals surface area (Å²) in [6.07, 6.45) is 2.42. The minimum absolute atomic E-state index is 0.0418. The highest BCUT2D eigenvalue weighted by atomic mass is 35.5. The van der Waals surface area contributed by atoms with Gasteiger partial charge >= 0.3 is 6.03 Å². The lowest BCUT2D eigenvalue weighted by Crippen LogP contribution is -2.48. The first-order chi connectivity index (χ1) is 17.3. The fourth-order valence-electron chi connectivity index (χ4n) is 4.90. The summed E-state index contributed by atoms with van der Waals surface area (Å²) >= 11 is 5.86. The van der Waals surface area contributed by atoms with E-state index in [-0.39, 0.29) is 28.8 Å². The van der Waals surface area contributed by atoms with E-state index in [0.29, 0.717) is 38.5 Å². The Morgan fingerprint density at radius 2 is 2.00 bits per heavy atom. The van der Waals surface area contributed by atoms with Crippen LogP contribution in [0, 0.1) is 18.6 Å². The van der Waals surface area contributed by atoms with Crippen LogP contribution in [0.2, 0.25) is 5.02 Å². The number of nitrogens with one attached hydrogen (secondary N) is 2. The number of urea groups is 1. The normalized spacial score (nSPS) is 19.8. The number of fused-ring (bicyclic) bond motifs is 1. The maximum atomic E-state index is 14.1. The molecule has 3 heterocycles. The van der Waals surface area contributed by atoms with Crippen molar-refractivity contribution in [1.29, 1.82) is 0 Å². The second-order valence-corrected chi connectivity index (χ2v) is 9.89. The molecule has 2 aromatic carbocycles. The fourth-order valence-corrected chi connectivity index (χ4v) is 5.02. The molecular formula is C26H27ClF2N6O. The van der Waals surface area contributed by atoms with Crippen molar-refractivity contribution in [2.24, 2.45) is 0 Å². The molecule has 0 saturated carbocycles. The summed E-state index contributed by atoms with van der Waals surface area (Å²) in [4.78, 5) is 26.1. The van der Waals surface area contributed by atoms with E-state index in [1.165, 1.54) is 18.2 Å². The van der Waals surface area contributed by atoms with Gasteiger partial charge in [0.1, 0.15) is 11.6 Å². The number of halogens is 3. The SMILES string of the molecule is Cc1cc(F)ccc1Nc1ncc2c(n1)CN(C(=O)N[C@@H]1CN(C)C[C@H]1c1ccc(Cl)c(F)c1)CC2. The van der Waals surface area contributed by atoms with Crippen LogP contribution in [0.1, 0.15) is 28.3 Å². The summed E-state index contributed by atoms with van der Waals surface area (Å²) in [7, 11) is 1.98. The average molecular weight is 513 g/mol. The Bertz CT molecular complexity index is 1310. The summed E-state index contributed by atoms with van der Waals surface area (Å²) in [6.45, 7) is 4.08. The maximum Gasteiger partial charge on any atom is 0.318 e. The topological polar surface area (TPSA) is 73.4 Å². The van der Waals surface area contributed by atoms with Crippen molar-refractivity contribution in [2.45, 2.75) is 31.8 Å². The van der Waals surface area contributed by atoms with Gasteiger partial charge in [0.2, 0.25) is 5.95 Å². The molecule has 0 bridgehead atoms. The zero-order valence-electron chi connectivity index (χ0n) is 20.1. The van der Waals surface area contributed by atoms with Gasteiger partial charge in [-0.2, -0.15) is 0 Å². The highest BCUT2D eigenvalue weighted by molar-refractivity contribution is 6.30. The van der Waals surface area contributed by atoms with Crippen LogP contribution in [0.4, 0.5) is 25.2 Å². The quantitative estimate of drug-likeness (QED) is 0.533. The van der Waals surface area contributed by atoms with Crippen LogP contribution < -0.4 is 10.6 Å². The third kappa shape index (κ3) is 5.12. The van der Waals surface area contributed by atoms with Gasteiger partial charge in [0.25, 0.3) is 0 Å². The lowest BCUT2D eigenvalue weighted by atomic mass is 9.94. The highest BCUT2D eigenvalue weighted by Crippen LogP contribution is 2.30. The minimum Gasteiger partial charge on any atom is -0.333 e. The molecule has 5 rings (SSSR count). The molecule has 0 unspecified atom stereocenters. The van der Waals surface area contributed by atoms with Crippen LogP contribution in [0.5, 0.6) is 0 Å². The second-order valence-electron chi connectivity index (χ2n) is 9.48. The highest BCUT2D eigenvalue weighted by Gasteiger charge is 2.35. The molecule has 3 aromatic rings. The second kappa shape index (κ2) is 9.99. The molecule has 188 valence electrons. The van der Waals surface area contributed by atoms with Crippen molar-refractivity contribution in [1.82, 2.24) is 25.1 Å². The predicted octanol–water partition coefficient (Wildman–Crippen LogP) is 4.63. The van der Waals surface area contributed by atoms with E-state index in [4.69, 9.17) is 11.6 Å². The van der Waals surface area contributed by atoms with Gasteiger partial charge in [0.15, 0.2) is 0 Å². The van der Waals surface area contributed by atoms with Crippen molar-refractivity contribution in [3.63, 3.8) is 0 Å². The van der Waals surface area contributed by atoms with Gasteiger partial charge < -0.3 is 20.4 Å².